The molecule has 17 nitrogen and oxygen atoms in total. The van der Waals surface area contributed by atoms with Gasteiger partial charge in [-0.25, -0.2) is 4.39 Å². The van der Waals surface area contributed by atoms with Crippen LogP contribution in [0, 0.1) is 35.0 Å². The molecule has 5 saturated carbocycles. The third-order valence-electron chi connectivity index (χ3n) is 29.0. The van der Waals surface area contributed by atoms with Crippen LogP contribution in [-0.2, 0) is 49.4 Å². The molecule has 5 saturated heterocycles. The maximum absolute atomic E-state index is 15.3. The molecule has 0 spiro atoms. The Hall–Kier alpha value is -9.61. The molecule has 0 radical (unpaired) electrons. The van der Waals surface area contributed by atoms with Crippen molar-refractivity contribution in [1.82, 2.24) is 22.8 Å². The quantitative estimate of drug-likeness (QED) is 0.0608. The summed E-state index contributed by atoms with van der Waals surface area (Å²) in [6, 6.07) is 61.9. The highest BCUT2D eigenvalue weighted by molar-refractivity contribution is 6.34. The lowest BCUT2D eigenvalue weighted by Crippen LogP contribution is -2.42. The Morgan fingerprint density at radius 3 is 1.06 bits per heavy atom. The third-order valence-corrected chi connectivity index (χ3v) is 30.4. The summed E-state index contributed by atoms with van der Waals surface area (Å²) in [6.45, 7) is 18.0. The fourth-order valence-electron chi connectivity index (χ4n) is 19.8. The highest BCUT2D eigenvalue weighted by Crippen LogP contribution is 2.46. The summed E-state index contributed by atoms with van der Waals surface area (Å²) < 4.78 is 24.2. The molecular formula is C108H128Cl4FN11O6. The van der Waals surface area contributed by atoms with Crippen LogP contribution in [0.25, 0.3) is 0 Å². The van der Waals surface area contributed by atoms with Crippen molar-refractivity contribution in [2.75, 3.05) is 89.9 Å². The number of unbranched alkanes of at least 4 members (excludes halogenated alkanes) is 1. The molecule has 1 N–H and O–H groups in total. The van der Waals surface area contributed by atoms with E-state index in [4.69, 9.17) is 46.4 Å². The number of hydrogen-bond donors (Lipinski definition) is 1. The van der Waals surface area contributed by atoms with Gasteiger partial charge in [-0.05, 0) is 240 Å². The fourth-order valence-corrected chi connectivity index (χ4v) is 20.9. The highest BCUT2D eigenvalue weighted by Gasteiger charge is 2.41. The largest absolute Gasteiger partial charge is 0.386 e. The second kappa shape index (κ2) is 42.5. The molecule has 5 aromatic heterocycles. The smallest absolute Gasteiger partial charge is 0.271 e. The lowest BCUT2D eigenvalue weighted by molar-refractivity contribution is 0.0785. The van der Waals surface area contributed by atoms with Gasteiger partial charge in [0.05, 0.1) is 39.8 Å². The first kappa shape index (κ1) is 93.6. The van der Waals surface area contributed by atoms with Crippen LogP contribution in [0.2, 0.25) is 20.1 Å². The van der Waals surface area contributed by atoms with E-state index in [0.717, 1.165) is 180 Å². The van der Waals surface area contributed by atoms with Crippen LogP contribution >= 0.6 is 46.4 Å². The van der Waals surface area contributed by atoms with Crippen LogP contribution < -0.4 is 52.3 Å². The Balaban J connectivity index is 0.000000119. The summed E-state index contributed by atoms with van der Waals surface area (Å²) in [4.78, 5) is 74.4. The first-order valence-corrected chi connectivity index (χ1v) is 49.7. The van der Waals surface area contributed by atoms with Gasteiger partial charge in [0.2, 0.25) is 0 Å². The molecule has 10 aromatic rings. The number of pyridine rings is 5. The molecule has 10 aliphatic rings. The van der Waals surface area contributed by atoms with Crippen molar-refractivity contribution in [1.29, 1.82) is 5.26 Å². The molecule has 0 bridgehead atoms. The number of anilines is 5. The van der Waals surface area contributed by atoms with E-state index in [1.165, 1.54) is 99.4 Å². The van der Waals surface area contributed by atoms with Crippen LogP contribution in [0.15, 0.2) is 231 Å². The number of hydrogen-bond acceptors (Lipinski definition) is 12. The summed E-state index contributed by atoms with van der Waals surface area (Å²) in [5.74, 6) is 5.12. The summed E-state index contributed by atoms with van der Waals surface area (Å²) in [7, 11) is 0. The maximum Gasteiger partial charge on any atom is 0.271 e. The lowest BCUT2D eigenvalue weighted by Gasteiger charge is -2.39. The Kier molecular flexibility index (Phi) is 30.6. The average Bonchev–Trinajstić information content (AvgIpc) is 1.54. The van der Waals surface area contributed by atoms with E-state index >= 15 is 4.39 Å². The first-order chi connectivity index (χ1) is 63.0. The predicted octanol–water partition coefficient (Wildman–Crippen LogP) is 22.5. The van der Waals surface area contributed by atoms with E-state index in [0.29, 0.717) is 102 Å². The van der Waals surface area contributed by atoms with Gasteiger partial charge in [0.25, 0.3) is 27.8 Å². The van der Waals surface area contributed by atoms with Gasteiger partial charge in [0.1, 0.15) is 25.8 Å². The molecule has 10 heterocycles. The van der Waals surface area contributed by atoms with Crippen LogP contribution in [-0.4, -0.2) is 93.4 Å². The number of aryl methyl sites for hydroxylation is 2. The van der Waals surface area contributed by atoms with Gasteiger partial charge in [0, 0.05) is 153 Å². The van der Waals surface area contributed by atoms with Gasteiger partial charge in [-0.3, -0.25) is 24.0 Å². The van der Waals surface area contributed by atoms with Gasteiger partial charge in [0.15, 0.2) is 0 Å². The molecule has 5 aliphatic carbocycles. The molecule has 0 atom stereocenters. The van der Waals surface area contributed by atoms with Crippen molar-refractivity contribution in [2.24, 2.45) is 23.7 Å². The van der Waals surface area contributed by atoms with Crippen molar-refractivity contribution in [3.05, 3.63) is 318 Å². The Morgan fingerprint density at radius 1 is 0.369 bits per heavy atom. The van der Waals surface area contributed by atoms with Gasteiger partial charge < -0.3 is 52.4 Å². The SMILES string of the molecule is CC(C)(O)c1ccc(C2CCN(c3ccn(CC4CC4)c(=O)c3Cl)CC2)cc1.CCCCn1ccc(N2CCC(F)(c3ccccc3)CC2)c(Cl)c1=O.N#CC1(c2ccccc2)CCN(c2ccn(CC3CC3)c(=O)c2Cl)CC1.O=c1c(C2CC2)c(N2CCC(c3ccccc3)CC2)ccn1CC1CC1.O=c1c(Cl)c(N2CCC(c3ccccc3)CC2)ccn1CCC1CC1. The Bertz CT molecular complexity index is 5800. The number of piperidine rings is 5. The number of halogens is 5. The molecule has 686 valence electrons. The molecule has 22 heteroatoms. The minimum absolute atomic E-state index is 0.0370. The maximum atomic E-state index is 15.3. The number of alkyl halides is 1. The normalized spacial score (nSPS) is 18.8. The highest BCUT2D eigenvalue weighted by atomic mass is 35.5. The number of aliphatic hydroxyl groups is 1. The first-order valence-electron chi connectivity index (χ1n) is 48.2. The average molecular weight is 1840 g/mol. The number of benzene rings is 5. The van der Waals surface area contributed by atoms with Gasteiger partial charge >= 0.3 is 0 Å². The zero-order valence-corrected chi connectivity index (χ0v) is 78.9. The Morgan fingerprint density at radius 2 is 0.692 bits per heavy atom. The second-order valence-corrected chi connectivity index (χ2v) is 40.4. The van der Waals surface area contributed by atoms with E-state index < -0.39 is 16.7 Å². The van der Waals surface area contributed by atoms with Crippen LogP contribution in [0.5, 0.6) is 0 Å². The minimum atomic E-state index is -1.31. The molecule has 10 fully saturated rings. The van der Waals surface area contributed by atoms with Crippen molar-refractivity contribution in [3.8, 4) is 6.07 Å². The lowest BCUT2D eigenvalue weighted by atomic mass is 9.74. The number of nitriles is 1. The van der Waals surface area contributed by atoms with Crippen molar-refractivity contribution >= 4 is 74.8 Å². The zero-order chi connectivity index (χ0) is 90.6. The molecule has 5 aliphatic heterocycles. The monoisotopic (exact) mass is 1830 g/mol. The van der Waals surface area contributed by atoms with Gasteiger partial charge in [-0.1, -0.05) is 218 Å². The summed E-state index contributed by atoms with van der Waals surface area (Å²) in [5.41, 5.74) is 9.96. The molecule has 0 unspecified atom stereocenters. The van der Waals surface area contributed by atoms with E-state index in [9.17, 15) is 34.3 Å². The molecular weight excluding hydrogens is 1710 g/mol. The molecule has 5 aromatic carbocycles. The number of rotatable bonds is 24. The summed E-state index contributed by atoms with van der Waals surface area (Å²) in [6.07, 6.45) is 33.9. The topological polar surface area (TPSA) is 170 Å². The van der Waals surface area contributed by atoms with Crippen LogP contribution in [0.4, 0.5) is 32.8 Å². The van der Waals surface area contributed by atoms with Crippen molar-refractivity contribution in [3.63, 3.8) is 0 Å². The van der Waals surface area contributed by atoms with Crippen LogP contribution in [0.3, 0.4) is 0 Å². The second-order valence-electron chi connectivity index (χ2n) is 38.9. The molecule has 0 amide bonds. The van der Waals surface area contributed by atoms with E-state index in [1.807, 2.05) is 139 Å². The van der Waals surface area contributed by atoms with E-state index in [2.05, 4.69) is 118 Å². The van der Waals surface area contributed by atoms with Crippen molar-refractivity contribution < 1.29 is 9.50 Å². The summed E-state index contributed by atoms with van der Waals surface area (Å²) >= 11 is 25.6. The fraction of sp³-hybridized carbons (Fsp3) is 0.481. The van der Waals surface area contributed by atoms with Gasteiger partial charge in [-0.15, -0.1) is 0 Å². The standard InChI is InChI=1S/C23H29ClN2O2.C23H28N2O.C21H22ClN3O.C21H25ClN2O.C20H24ClFN2O/c1-23(2,28)19-7-5-17(6-8-19)18-9-12-25(13-10-18)20-11-14-26(15-16-3-4-16)22(27)21(20)24;26-23-22(20-8-9-20)21(12-15-25(23)16-17-6-7-17)24-13-10-19(11-14-24)18-4-2-1-3-5-18;22-19-18(8-11-25(20(19)26)14-16-6-7-16)24-12-9-21(15-23,10-13-24)17-4-2-1-3-5-17;22-20-19(11-15-24(21(20)25)12-8-16-6-7-16)23-13-9-18(10-14-23)17-4-2-1-3-5-17;1-2-3-12-24-13-9-17(18(21)19(24)25)23-14-10-20(22,11-15-23)16-7-5-4-6-8-16/h5-8,11,14,16,18,28H,3-4,9-10,12-13,15H2,1-2H3;1-5,12,15,17,19-20H,6-11,13-14,16H2;1-5,8,11,16H,6-7,9-10,12-14H2;1-5,11,15-16,18H,6-10,12-14H2;4-9,13H,2-3,10-12,14-15H2,1H3. The number of nitrogens with zero attached hydrogens (tertiary/aromatic N) is 11. The Labute approximate surface area is 786 Å². The van der Waals surface area contributed by atoms with Gasteiger partial charge in [-0.2, -0.15) is 5.26 Å². The molecule has 20 rings (SSSR count). The van der Waals surface area contributed by atoms with E-state index in [1.54, 1.807) is 24.5 Å². The zero-order valence-electron chi connectivity index (χ0n) is 75.9. The third kappa shape index (κ3) is 23.3. The molecule has 130 heavy (non-hydrogen) atoms. The number of aromatic nitrogens is 5. The van der Waals surface area contributed by atoms with E-state index in [-0.39, 0.29) is 27.3 Å². The summed E-state index contributed by atoms with van der Waals surface area (Å²) in [5, 5.41) is 21.2. The predicted molar refractivity (Wildman–Crippen MR) is 529 cm³/mol. The minimum Gasteiger partial charge on any atom is -0.386 e. The van der Waals surface area contributed by atoms with Crippen LogP contribution in [0.1, 0.15) is 231 Å². The van der Waals surface area contributed by atoms with Crippen molar-refractivity contribution in [2.45, 2.75) is 242 Å².